The molecule has 89 valence electrons. The minimum atomic E-state index is -4.76. The van der Waals surface area contributed by atoms with Gasteiger partial charge < -0.3 is 9.79 Å². The van der Waals surface area contributed by atoms with E-state index in [0.29, 0.717) is 9.72 Å². The fourth-order valence-corrected chi connectivity index (χ4v) is 2.50. The van der Waals surface area contributed by atoms with Gasteiger partial charge in [-0.1, -0.05) is 23.2 Å². The number of aromatic nitrogens is 1. The topological polar surface area (TPSA) is 79.5 Å². The van der Waals surface area contributed by atoms with Crippen LogP contribution in [0.2, 0.25) is 10.0 Å². The van der Waals surface area contributed by atoms with E-state index in [2.05, 4.69) is 6.07 Å². The molecule has 1 radical (unpaired) electrons. The number of nitrogens with zero attached hydrogens (tertiary/aromatic N) is 1. The lowest BCUT2D eigenvalue weighted by atomic mass is 10.2. The summed E-state index contributed by atoms with van der Waals surface area (Å²) < 4.78 is 11.6. The van der Waals surface area contributed by atoms with Crippen LogP contribution in [0.15, 0.2) is 23.0 Å². The number of benzene rings is 1. The van der Waals surface area contributed by atoms with Gasteiger partial charge >= 0.3 is 7.75 Å². The average Bonchev–Trinajstić information content (AvgIpc) is 2.18. The molecule has 0 saturated heterocycles. The van der Waals surface area contributed by atoms with E-state index in [1.165, 1.54) is 18.2 Å². The minimum Gasteiger partial charge on any atom is -0.308 e. The molecule has 0 fully saturated rings. The van der Waals surface area contributed by atoms with Crippen molar-refractivity contribution in [3.05, 3.63) is 44.7 Å². The zero-order valence-electron chi connectivity index (χ0n) is 8.09. The van der Waals surface area contributed by atoms with Crippen LogP contribution in [0.25, 0.3) is 10.9 Å². The third-order valence-electron chi connectivity index (χ3n) is 2.10. The van der Waals surface area contributed by atoms with Crippen molar-refractivity contribution in [1.82, 2.24) is 4.34 Å². The van der Waals surface area contributed by atoms with Crippen LogP contribution in [0, 0.1) is 6.07 Å². The molecule has 0 atom stereocenters. The van der Waals surface area contributed by atoms with Crippen LogP contribution in [-0.2, 0) is 4.57 Å². The van der Waals surface area contributed by atoms with Gasteiger partial charge in [-0.2, -0.15) is 0 Å². The molecule has 2 N–H and O–H groups in total. The molecule has 0 unspecified atom stereocenters. The molecule has 0 aliphatic rings. The van der Waals surface area contributed by atoms with Gasteiger partial charge in [-0.3, -0.25) is 4.79 Å². The van der Waals surface area contributed by atoms with Crippen LogP contribution in [0.3, 0.4) is 0 Å². The predicted molar refractivity (Wildman–Crippen MR) is 64.5 cm³/mol. The summed E-state index contributed by atoms with van der Waals surface area (Å²) in [7, 11) is -4.76. The molecule has 0 saturated carbocycles. The van der Waals surface area contributed by atoms with Gasteiger partial charge in [-0.15, -0.1) is 0 Å². The Hall–Kier alpha value is -0.840. The maximum absolute atomic E-state index is 11.4. The van der Waals surface area contributed by atoms with Crippen molar-refractivity contribution in [2.75, 3.05) is 0 Å². The van der Waals surface area contributed by atoms with E-state index in [1.807, 2.05) is 0 Å². The summed E-state index contributed by atoms with van der Waals surface area (Å²) in [5, 5.41) is 0.692. The lowest BCUT2D eigenvalue weighted by Crippen LogP contribution is -2.17. The van der Waals surface area contributed by atoms with Gasteiger partial charge in [-0.05, 0) is 18.2 Å². The van der Waals surface area contributed by atoms with Gasteiger partial charge in [0.1, 0.15) is 0 Å². The van der Waals surface area contributed by atoms with E-state index >= 15 is 0 Å². The number of pyridine rings is 1. The van der Waals surface area contributed by atoms with Crippen molar-refractivity contribution in [3.8, 4) is 0 Å². The third-order valence-corrected chi connectivity index (χ3v) is 3.74. The summed E-state index contributed by atoms with van der Waals surface area (Å²) >= 11 is 11.5. The molecule has 0 bridgehead atoms. The number of halogens is 2. The Labute approximate surface area is 105 Å². The fraction of sp³-hybridized carbons (Fsp3) is 0. The fourth-order valence-electron chi connectivity index (χ4n) is 1.42. The second-order valence-corrected chi connectivity index (χ2v) is 5.48. The molecule has 1 aromatic heterocycles. The predicted octanol–water partition coefficient (Wildman–Crippen LogP) is 2.05. The molecule has 1 heterocycles. The summed E-state index contributed by atoms with van der Waals surface area (Å²) in [5.41, 5.74) is -0.916. The maximum Gasteiger partial charge on any atom is 0.437 e. The molecule has 0 spiro atoms. The summed E-state index contributed by atoms with van der Waals surface area (Å²) in [6.07, 6.45) is 0. The van der Waals surface area contributed by atoms with Crippen LogP contribution in [0.1, 0.15) is 0 Å². The van der Waals surface area contributed by atoms with Gasteiger partial charge in [0.15, 0.2) is 0 Å². The minimum absolute atomic E-state index is 0.0106. The first kappa shape index (κ1) is 12.6. The lowest BCUT2D eigenvalue weighted by molar-refractivity contribution is 0.361. The van der Waals surface area contributed by atoms with Gasteiger partial charge in [0.05, 0.1) is 21.6 Å². The first-order valence-electron chi connectivity index (χ1n) is 4.29. The highest BCUT2D eigenvalue weighted by molar-refractivity contribution is 7.50. The highest BCUT2D eigenvalue weighted by Crippen LogP contribution is 2.39. The Morgan fingerprint density at radius 3 is 2.41 bits per heavy atom. The number of hydrogen-bond acceptors (Lipinski definition) is 2. The first-order valence-corrected chi connectivity index (χ1v) is 6.62. The Kier molecular flexibility index (Phi) is 3.06. The van der Waals surface area contributed by atoms with Crippen LogP contribution in [0.5, 0.6) is 0 Å². The monoisotopic (exact) mass is 292 g/mol. The second-order valence-electron chi connectivity index (χ2n) is 3.24. The van der Waals surface area contributed by atoms with Gasteiger partial charge in [0, 0.05) is 5.39 Å². The van der Waals surface area contributed by atoms with E-state index in [4.69, 9.17) is 33.0 Å². The van der Waals surface area contributed by atoms with Crippen molar-refractivity contribution in [2.45, 2.75) is 0 Å². The third kappa shape index (κ3) is 2.25. The van der Waals surface area contributed by atoms with Crippen molar-refractivity contribution in [3.63, 3.8) is 0 Å². The average molecular weight is 293 g/mol. The molecule has 8 heteroatoms. The molecule has 1 aromatic carbocycles. The smallest absolute Gasteiger partial charge is 0.308 e. The molecule has 0 aliphatic carbocycles. The Bertz CT molecular complexity index is 706. The Morgan fingerprint density at radius 1 is 1.24 bits per heavy atom. The number of rotatable bonds is 1. The van der Waals surface area contributed by atoms with Crippen LogP contribution >= 0.6 is 30.9 Å². The molecule has 0 aliphatic heterocycles. The van der Waals surface area contributed by atoms with Crippen LogP contribution in [-0.4, -0.2) is 14.1 Å². The van der Waals surface area contributed by atoms with Crippen molar-refractivity contribution in [2.24, 2.45) is 0 Å². The molecular weight excluding hydrogens is 288 g/mol. The van der Waals surface area contributed by atoms with E-state index < -0.39 is 13.3 Å². The SMILES string of the molecule is O=c1[c]cc2cc(Cl)c(Cl)cc2n1P(=O)(O)O. The Balaban J connectivity index is 3.01. The van der Waals surface area contributed by atoms with E-state index in [0.717, 1.165) is 0 Å². The quantitative estimate of drug-likeness (QED) is 0.789. The Morgan fingerprint density at radius 2 is 1.82 bits per heavy atom. The number of hydrogen-bond donors (Lipinski definition) is 2. The van der Waals surface area contributed by atoms with Gasteiger partial charge in [0.25, 0.3) is 5.56 Å². The largest absolute Gasteiger partial charge is 0.437 e. The highest BCUT2D eigenvalue weighted by atomic mass is 35.5. The molecule has 5 nitrogen and oxygen atoms in total. The first-order chi connectivity index (χ1) is 7.80. The number of fused-ring (bicyclic) bond motifs is 1. The van der Waals surface area contributed by atoms with E-state index in [1.54, 1.807) is 0 Å². The summed E-state index contributed by atoms with van der Waals surface area (Å²) in [6, 6.07) is 6.14. The zero-order chi connectivity index (χ0) is 12.8. The normalized spacial score (nSPS) is 12.0. The molecule has 2 rings (SSSR count). The standard InChI is InChI=1S/C9H5Cl2NO4P/c10-6-3-5-1-2-9(13)12(17(14,15)16)8(5)4-7(6)11/h1,3-4H,(H2,14,15,16). The second kappa shape index (κ2) is 4.12. The van der Waals surface area contributed by atoms with E-state index in [9.17, 15) is 9.36 Å². The summed E-state index contributed by atoms with van der Waals surface area (Å²) in [4.78, 5) is 29.6. The zero-order valence-corrected chi connectivity index (χ0v) is 10.5. The highest BCUT2D eigenvalue weighted by Gasteiger charge is 2.21. The molecule has 17 heavy (non-hydrogen) atoms. The van der Waals surface area contributed by atoms with Crippen molar-refractivity contribution >= 4 is 41.9 Å². The van der Waals surface area contributed by atoms with Crippen LogP contribution in [0.4, 0.5) is 0 Å². The molecule has 0 amide bonds. The summed E-state index contributed by atoms with van der Waals surface area (Å²) in [5.74, 6) is 0. The maximum atomic E-state index is 11.4. The van der Waals surface area contributed by atoms with Gasteiger partial charge in [0.2, 0.25) is 0 Å². The van der Waals surface area contributed by atoms with Crippen molar-refractivity contribution in [1.29, 1.82) is 0 Å². The van der Waals surface area contributed by atoms with Crippen molar-refractivity contribution < 1.29 is 14.4 Å². The molecule has 2 aromatic rings. The van der Waals surface area contributed by atoms with Crippen LogP contribution < -0.4 is 5.56 Å². The van der Waals surface area contributed by atoms with E-state index in [-0.39, 0.29) is 15.6 Å². The van der Waals surface area contributed by atoms with Gasteiger partial charge in [-0.25, -0.2) is 8.90 Å². The molecular formula is C9H5Cl2NO4P. The lowest BCUT2D eigenvalue weighted by Gasteiger charge is -2.11. The summed E-state index contributed by atoms with van der Waals surface area (Å²) in [6.45, 7) is 0.